The fraction of sp³-hybridized carbons (Fsp3) is 0.409. The van der Waals surface area contributed by atoms with Crippen molar-refractivity contribution in [2.45, 2.75) is 13.0 Å². The van der Waals surface area contributed by atoms with E-state index in [1.165, 1.54) is 17.7 Å². The third-order valence-electron chi connectivity index (χ3n) is 5.14. The number of halogens is 1. The number of carbonyl (C=O) groups is 1. The lowest BCUT2D eigenvalue weighted by Gasteiger charge is -2.35. The van der Waals surface area contributed by atoms with E-state index in [0.717, 1.165) is 44.7 Å². The highest BCUT2D eigenvalue weighted by Crippen LogP contribution is 2.08. The summed E-state index contributed by atoms with van der Waals surface area (Å²) in [7, 11) is 1.81. The minimum Gasteiger partial charge on any atom is -0.340 e. The van der Waals surface area contributed by atoms with Crippen molar-refractivity contribution in [3.8, 4) is 0 Å². The number of piperazine rings is 1. The van der Waals surface area contributed by atoms with Crippen LogP contribution in [0.4, 0.5) is 4.39 Å². The first-order valence-electron chi connectivity index (χ1n) is 9.57. The van der Waals surface area contributed by atoms with Crippen LogP contribution in [0.15, 0.2) is 54.6 Å². The van der Waals surface area contributed by atoms with E-state index in [4.69, 9.17) is 0 Å². The van der Waals surface area contributed by atoms with Gasteiger partial charge in [0, 0.05) is 46.3 Å². The molecule has 1 amide bonds. The zero-order chi connectivity index (χ0) is 19.1. The van der Waals surface area contributed by atoms with Crippen molar-refractivity contribution in [1.82, 2.24) is 14.7 Å². The molecule has 5 heteroatoms. The van der Waals surface area contributed by atoms with Crippen molar-refractivity contribution in [1.29, 1.82) is 0 Å². The standard InChI is InChI=1S/C22H28FN3O/c1-24(17-20-7-9-21(23)10-8-20)22(27)18-26-15-13-25(14-16-26)12-11-19-5-3-2-4-6-19/h2-10H,11-18H2,1H3. The van der Waals surface area contributed by atoms with Gasteiger partial charge >= 0.3 is 0 Å². The van der Waals surface area contributed by atoms with E-state index in [-0.39, 0.29) is 11.7 Å². The predicted molar refractivity (Wildman–Crippen MR) is 106 cm³/mol. The molecule has 0 atom stereocenters. The highest BCUT2D eigenvalue weighted by Gasteiger charge is 2.20. The van der Waals surface area contributed by atoms with Crippen LogP contribution in [0.5, 0.6) is 0 Å². The number of carbonyl (C=O) groups excluding carboxylic acids is 1. The summed E-state index contributed by atoms with van der Waals surface area (Å²) in [5, 5.41) is 0. The van der Waals surface area contributed by atoms with Crippen LogP contribution >= 0.6 is 0 Å². The molecule has 1 saturated heterocycles. The van der Waals surface area contributed by atoms with Crippen LogP contribution in [-0.4, -0.2) is 66.9 Å². The molecule has 0 bridgehead atoms. The average molecular weight is 369 g/mol. The third kappa shape index (κ3) is 6.15. The summed E-state index contributed by atoms with van der Waals surface area (Å²) < 4.78 is 13.0. The van der Waals surface area contributed by atoms with E-state index >= 15 is 0 Å². The molecule has 144 valence electrons. The van der Waals surface area contributed by atoms with Gasteiger partial charge in [0.25, 0.3) is 0 Å². The molecule has 1 aliphatic rings. The molecule has 1 heterocycles. The molecule has 0 radical (unpaired) electrons. The van der Waals surface area contributed by atoms with Gasteiger partial charge in [-0.15, -0.1) is 0 Å². The third-order valence-corrected chi connectivity index (χ3v) is 5.14. The quantitative estimate of drug-likeness (QED) is 0.751. The number of amides is 1. The summed E-state index contributed by atoms with van der Waals surface area (Å²) in [6, 6.07) is 16.9. The van der Waals surface area contributed by atoms with Gasteiger partial charge < -0.3 is 9.80 Å². The first-order chi connectivity index (χ1) is 13.1. The van der Waals surface area contributed by atoms with E-state index < -0.39 is 0 Å². The second-order valence-electron chi connectivity index (χ2n) is 7.23. The first-order valence-corrected chi connectivity index (χ1v) is 9.57. The van der Waals surface area contributed by atoms with Gasteiger partial charge in [0.05, 0.1) is 6.54 Å². The number of nitrogens with zero attached hydrogens (tertiary/aromatic N) is 3. The van der Waals surface area contributed by atoms with E-state index in [1.54, 1.807) is 17.0 Å². The first kappa shape index (κ1) is 19.5. The van der Waals surface area contributed by atoms with Crippen LogP contribution in [0.3, 0.4) is 0 Å². The fourth-order valence-corrected chi connectivity index (χ4v) is 3.37. The van der Waals surface area contributed by atoms with Gasteiger partial charge in [0.1, 0.15) is 5.82 Å². The van der Waals surface area contributed by atoms with Crippen molar-refractivity contribution in [2.75, 3.05) is 46.3 Å². The second-order valence-corrected chi connectivity index (χ2v) is 7.23. The molecule has 2 aromatic rings. The minimum absolute atomic E-state index is 0.108. The summed E-state index contributed by atoms with van der Waals surface area (Å²) in [5.41, 5.74) is 2.32. The number of rotatable bonds is 7. The maximum atomic E-state index is 13.0. The van der Waals surface area contributed by atoms with Gasteiger partial charge in [-0.05, 0) is 29.7 Å². The molecule has 0 N–H and O–H groups in total. The molecular formula is C22H28FN3O. The predicted octanol–water partition coefficient (Wildman–Crippen LogP) is 2.64. The van der Waals surface area contributed by atoms with E-state index in [0.29, 0.717) is 13.1 Å². The van der Waals surface area contributed by atoms with Crippen LogP contribution < -0.4 is 0 Å². The number of benzene rings is 2. The number of hydrogen-bond acceptors (Lipinski definition) is 3. The Labute approximate surface area is 161 Å². The van der Waals surface area contributed by atoms with E-state index in [9.17, 15) is 9.18 Å². The lowest BCUT2D eigenvalue weighted by Crippen LogP contribution is -2.49. The summed E-state index contributed by atoms with van der Waals surface area (Å²) in [6.07, 6.45) is 1.07. The van der Waals surface area contributed by atoms with E-state index in [2.05, 4.69) is 34.1 Å². The maximum absolute atomic E-state index is 13.0. The van der Waals surface area contributed by atoms with Crippen molar-refractivity contribution in [3.63, 3.8) is 0 Å². The smallest absolute Gasteiger partial charge is 0.236 e. The highest BCUT2D eigenvalue weighted by molar-refractivity contribution is 5.78. The Bertz CT molecular complexity index is 712. The van der Waals surface area contributed by atoms with Gasteiger partial charge in [-0.3, -0.25) is 9.69 Å². The summed E-state index contributed by atoms with van der Waals surface area (Å²) >= 11 is 0. The van der Waals surface area contributed by atoms with Crippen LogP contribution in [0.1, 0.15) is 11.1 Å². The van der Waals surface area contributed by atoms with Crippen molar-refractivity contribution in [3.05, 3.63) is 71.5 Å². The lowest BCUT2D eigenvalue weighted by molar-refractivity contribution is -0.132. The molecular weight excluding hydrogens is 341 g/mol. The van der Waals surface area contributed by atoms with Crippen LogP contribution in [0, 0.1) is 5.82 Å². The molecule has 2 aromatic carbocycles. The monoisotopic (exact) mass is 369 g/mol. The van der Waals surface area contributed by atoms with Crippen LogP contribution in [-0.2, 0) is 17.8 Å². The molecule has 27 heavy (non-hydrogen) atoms. The zero-order valence-corrected chi connectivity index (χ0v) is 16.0. The molecule has 4 nitrogen and oxygen atoms in total. The fourth-order valence-electron chi connectivity index (χ4n) is 3.37. The zero-order valence-electron chi connectivity index (χ0n) is 16.0. The Balaban J connectivity index is 1.37. The van der Waals surface area contributed by atoms with Gasteiger partial charge in [0.15, 0.2) is 0 Å². The van der Waals surface area contributed by atoms with Crippen molar-refractivity contribution in [2.24, 2.45) is 0 Å². The van der Waals surface area contributed by atoms with Gasteiger partial charge in [-0.25, -0.2) is 4.39 Å². The van der Waals surface area contributed by atoms with Crippen LogP contribution in [0.2, 0.25) is 0 Å². The maximum Gasteiger partial charge on any atom is 0.236 e. The SMILES string of the molecule is CN(Cc1ccc(F)cc1)C(=O)CN1CCN(CCc2ccccc2)CC1. The summed E-state index contributed by atoms with van der Waals surface area (Å²) in [4.78, 5) is 18.9. The minimum atomic E-state index is -0.252. The van der Waals surface area contributed by atoms with Crippen molar-refractivity contribution < 1.29 is 9.18 Å². The Kier molecular flexibility index (Phi) is 6.96. The number of hydrogen-bond donors (Lipinski definition) is 0. The Morgan fingerprint density at radius 1 is 0.926 bits per heavy atom. The van der Waals surface area contributed by atoms with E-state index in [1.807, 2.05) is 13.1 Å². The van der Waals surface area contributed by atoms with Gasteiger partial charge in [-0.2, -0.15) is 0 Å². The highest BCUT2D eigenvalue weighted by atomic mass is 19.1. The molecule has 0 aliphatic carbocycles. The summed E-state index contributed by atoms with van der Waals surface area (Å²) in [6.45, 7) is 5.87. The summed E-state index contributed by atoms with van der Waals surface area (Å²) in [5.74, 6) is -0.144. The second kappa shape index (κ2) is 9.62. The number of likely N-dealkylation sites (N-methyl/N-ethyl adjacent to an activating group) is 1. The normalized spacial score (nSPS) is 15.6. The molecule has 0 saturated carbocycles. The average Bonchev–Trinajstić information content (AvgIpc) is 2.70. The lowest BCUT2D eigenvalue weighted by atomic mass is 10.1. The molecule has 0 aromatic heterocycles. The molecule has 1 fully saturated rings. The molecule has 0 spiro atoms. The van der Waals surface area contributed by atoms with Gasteiger partial charge in [0.2, 0.25) is 5.91 Å². The van der Waals surface area contributed by atoms with Crippen molar-refractivity contribution >= 4 is 5.91 Å². The molecule has 0 unspecified atom stereocenters. The Hall–Kier alpha value is -2.24. The largest absolute Gasteiger partial charge is 0.340 e. The molecule has 1 aliphatic heterocycles. The van der Waals surface area contributed by atoms with Gasteiger partial charge in [-0.1, -0.05) is 42.5 Å². The molecule has 3 rings (SSSR count). The van der Waals surface area contributed by atoms with Crippen LogP contribution in [0.25, 0.3) is 0 Å². The Morgan fingerprint density at radius 3 is 2.22 bits per heavy atom. The topological polar surface area (TPSA) is 26.8 Å². The Morgan fingerprint density at radius 2 is 1.56 bits per heavy atom.